The van der Waals surface area contributed by atoms with Crippen molar-refractivity contribution in [3.8, 4) is 5.75 Å². The van der Waals surface area contributed by atoms with Crippen molar-refractivity contribution in [3.63, 3.8) is 0 Å². The van der Waals surface area contributed by atoms with Crippen LogP contribution in [0.25, 0.3) is 6.08 Å². The molecule has 6 nitrogen and oxygen atoms in total. The van der Waals surface area contributed by atoms with Crippen LogP contribution in [0.2, 0.25) is 0 Å². The molecule has 3 aromatic rings. The Hall–Kier alpha value is -3.52. The number of esters is 1. The first kappa shape index (κ1) is 21.7. The molecule has 2 heterocycles. The van der Waals surface area contributed by atoms with E-state index in [2.05, 4.69) is 4.99 Å². The average molecular weight is 453 g/mol. The van der Waals surface area contributed by atoms with Crippen LogP contribution in [0.3, 0.4) is 0 Å². The Bertz CT molecular complexity index is 1390. The van der Waals surface area contributed by atoms with Gasteiger partial charge in [0.2, 0.25) is 0 Å². The van der Waals surface area contributed by atoms with Crippen molar-refractivity contribution in [1.29, 1.82) is 0 Å². The van der Waals surface area contributed by atoms with Crippen LogP contribution in [0, 0.1) is 5.82 Å². The van der Waals surface area contributed by atoms with Crippen molar-refractivity contribution in [1.82, 2.24) is 4.57 Å². The fraction of sp³-hybridized carbons (Fsp3) is 0.208. The number of methoxy groups -OCH3 is 1. The van der Waals surface area contributed by atoms with Crippen molar-refractivity contribution < 1.29 is 18.7 Å². The number of hydrogen-bond donors (Lipinski definition) is 0. The molecule has 8 heteroatoms. The molecule has 0 amide bonds. The van der Waals surface area contributed by atoms with E-state index in [9.17, 15) is 14.0 Å². The molecule has 0 bridgehead atoms. The number of carbonyl (C=O) groups is 1. The molecule has 4 rings (SSSR count). The zero-order chi connectivity index (χ0) is 22.8. The second kappa shape index (κ2) is 8.92. The normalized spacial score (nSPS) is 15.9. The molecule has 0 N–H and O–H groups in total. The quantitative estimate of drug-likeness (QED) is 0.558. The molecule has 1 unspecified atom stereocenters. The van der Waals surface area contributed by atoms with E-state index in [0.29, 0.717) is 31.9 Å². The first-order valence-corrected chi connectivity index (χ1v) is 10.8. The lowest BCUT2D eigenvalue weighted by atomic mass is 9.95. The number of nitrogens with zero attached hydrogens (tertiary/aromatic N) is 2. The summed E-state index contributed by atoms with van der Waals surface area (Å²) in [5.74, 6) is -0.339. The van der Waals surface area contributed by atoms with Gasteiger partial charge in [0.15, 0.2) is 4.80 Å². The third-order valence-electron chi connectivity index (χ3n) is 5.12. The molecular formula is C24H21FN2O4S. The number of rotatable bonds is 5. The number of fused-ring (bicyclic) bond motifs is 1. The van der Waals surface area contributed by atoms with Crippen molar-refractivity contribution >= 4 is 23.4 Å². The van der Waals surface area contributed by atoms with Gasteiger partial charge < -0.3 is 9.47 Å². The number of ether oxygens (including phenoxy) is 2. The second-order valence-corrected chi connectivity index (χ2v) is 8.10. The van der Waals surface area contributed by atoms with E-state index in [1.807, 2.05) is 18.2 Å². The van der Waals surface area contributed by atoms with Gasteiger partial charge in [-0.3, -0.25) is 9.36 Å². The molecule has 1 aliphatic rings. The highest BCUT2D eigenvalue weighted by atomic mass is 32.1. The number of halogens is 1. The van der Waals surface area contributed by atoms with Gasteiger partial charge in [-0.05, 0) is 43.7 Å². The van der Waals surface area contributed by atoms with Gasteiger partial charge in [0.1, 0.15) is 17.6 Å². The van der Waals surface area contributed by atoms with Gasteiger partial charge in [-0.15, -0.1) is 0 Å². The smallest absolute Gasteiger partial charge is 0.338 e. The van der Waals surface area contributed by atoms with E-state index in [-0.39, 0.29) is 23.6 Å². The lowest BCUT2D eigenvalue weighted by Gasteiger charge is -2.25. The SMILES string of the molecule is CCOC(=O)C1=C(C)N=c2sc(=Cc3ccc(F)cc3)c(=O)n2C1c1ccccc1OC. The first-order chi connectivity index (χ1) is 15.4. The number of para-hydroxylation sites is 1. The lowest BCUT2D eigenvalue weighted by molar-refractivity contribution is -0.139. The minimum Gasteiger partial charge on any atom is -0.496 e. The largest absolute Gasteiger partial charge is 0.496 e. The molecule has 0 fully saturated rings. The van der Waals surface area contributed by atoms with E-state index in [4.69, 9.17) is 9.47 Å². The maximum atomic E-state index is 13.5. The van der Waals surface area contributed by atoms with Gasteiger partial charge >= 0.3 is 5.97 Å². The van der Waals surface area contributed by atoms with Crippen LogP contribution in [0.5, 0.6) is 5.75 Å². The Balaban J connectivity index is 1.98. The standard InChI is InChI=1S/C24H21FN2O4S/c1-4-31-23(29)20-14(2)26-24-27(21(20)17-7-5-6-8-18(17)30-3)22(28)19(32-24)13-15-9-11-16(25)12-10-15/h5-13,21H,4H2,1-3H3. The number of hydrogen-bond acceptors (Lipinski definition) is 6. The Morgan fingerprint density at radius 1 is 1.22 bits per heavy atom. The van der Waals surface area contributed by atoms with Crippen LogP contribution in [0.1, 0.15) is 31.0 Å². The van der Waals surface area contributed by atoms with Crippen molar-refractivity contribution in [2.75, 3.05) is 13.7 Å². The predicted molar refractivity (Wildman–Crippen MR) is 120 cm³/mol. The maximum Gasteiger partial charge on any atom is 0.338 e. The fourth-order valence-corrected chi connectivity index (χ4v) is 4.74. The molecule has 32 heavy (non-hydrogen) atoms. The Morgan fingerprint density at radius 3 is 2.62 bits per heavy atom. The summed E-state index contributed by atoms with van der Waals surface area (Å²) in [5.41, 5.74) is 1.81. The van der Waals surface area contributed by atoms with Crippen LogP contribution >= 0.6 is 11.3 Å². The van der Waals surface area contributed by atoms with Crippen LogP contribution in [-0.2, 0) is 9.53 Å². The average Bonchev–Trinajstić information content (AvgIpc) is 3.09. The second-order valence-electron chi connectivity index (χ2n) is 7.10. The van der Waals surface area contributed by atoms with Gasteiger partial charge in [-0.2, -0.15) is 0 Å². The summed E-state index contributed by atoms with van der Waals surface area (Å²) in [7, 11) is 1.54. The Kier molecular flexibility index (Phi) is 6.05. The molecule has 0 aliphatic carbocycles. The zero-order valence-corrected chi connectivity index (χ0v) is 18.6. The Morgan fingerprint density at radius 2 is 1.94 bits per heavy atom. The number of allylic oxidation sites excluding steroid dienone is 1. The highest BCUT2D eigenvalue weighted by molar-refractivity contribution is 7.07. The van der Waals surface area contributed by atoms with E-state index in [1.54, 1.807) is 38.1 Å². The summed E-state index contributed by atoms with van der Waals surface area (Å²) in [5, 5.41) is 0. The van der Waals surface area contributed by atoms with Gasteiger partial charge in [0.05, 0.1) is 29.5 Å². The lowest BCUT2D eigenvalue weighted by Crippen LogP contribution is -2.40. The highest BCUT2D eigenvalue weighted by Gasteiger charge is 2.34. The summed E-state index contributed by atoms with van der Waals surface area (Å²) < 4.78 is 26.0. The van der Waals surface area contributed by atoms with Crippen molar-refractivity contribution in [2.24, 2.45) is 4.99 Å². The fourth-order valence-electron chi connectivity index (χ4n) is 3.69. The molecule has 0 spiro atoms. The summed E-state index contributed by atoms with van der Waals surface area (Å²) in [6, 6.07) is 12.4. The minimum absolute atomic E-state index is 0.198. The van der Waals surface area contributed by atoms with Gasteiger partial charge in [0, 0.05) is 5.56 Å². The van der Waals surface area contributed by atoms with Crippen LogP contribution in [0.15, 0.2) is 69.6 Å². The molecule has 0 saturated heterocycles. The van der Waals surface area contributed by atoms with E-state index < -0.39 is 12.0 Å². The summed E-state index contributed by atoms with van der Waals surface area (Å²) in [6.07, 6.45) is 1.69. The third-order valence-corrected chi connectivity index (χ3v) is 6.10. The molecular weight excluding hydrogens is 431 g/mol. The first-order valence-electron chi connectivity index (χ1n) is 10.0. The zero-order valence-electron chi connectivity index (χ0n) is 17.8. The molecule has 2 aromatic carbocycles. The number of aromatic nitrogens is 1. The molecule has 0 saturated carbocycles. The molecule has 1 atom stereocenters. The van der Waals surface area contributed by atoms with Crippen molar-refractivity contribution in [3.05, 3.63) is 96.4 Å². The number of carbonyl (C=O) groups excluding carboxylic acids is 1. The molecule has 1 aliphatic heterocycles. The highest BCUT2D eigenvalue weighted by Crippen LogP contribution is 2.35. The van der Waals surface area contributed by atoms with E-state index in [1.165, 1.54) is 35.1 Å². The maximum absolute atomic E-state index is 13.5. The molecule has 0 radical (unpaired) electrons. The topological polar surface area (TPSA) is 69.9 Å². The molecule has 164 valence electrons. The van der Waals surface area contributed by atoms with E-state index in [0.717, 1.165) is 0 Å². The number of thiazole rings is 1. The van der Waals surface area contributed by atoms with Crippen LogP contribution in [0.4, 0.5) is 4.39 Å². The summed E-state index contributed by atoms with van der Waals surface area (Å²) in [4.78, 5) is 31.4. The van der Waals surface area contributed by atoms with Gasteiger partial charge in [-0.1, -0.05) is 41.7 Å². The minimum atomic E-state index is -0.753. The summed E-state index contributed by atoms with van der Waals surface area (Å²) in [6.45, 7) is 3.65. The Labute approximate surface area is 187 Å². The monoisotopic (exact) mass is 452 g/mol. The van der Waals surface area contributed by atoms with Crippen LogP contribution < -0.4 is 19.6 Å². The van der Waals surface area contributed by atoms with Gasteiger partial charge in [0.25, 0.3) is 5.56 Å². The van der Waals surface area contributed by atoms with Crippen LogP contribution in [-0.4, -0.2) is 24.3 Å². The van der Waals surface area contributed by atoms with Crippen molar-refractivity contribution in [2.45, 2.75) is 19.9 Å². The van der Waals surface area contributed by atoms with E-state index >= 15 is 0 Å². The van der Waals surface area contributed by atoms with Gasteiger partial charge in [-0.25, -0.2) is 14.2 Å². The number of benzene rings is 2. The third kappa shape index (κ3) is 3.89. The predicted octanol–water partition coefficient (Wildman–Crippen LogP) is 2.95. The summed E-state index contributed by atoms with van der Waals surface area (Å²) >= 11 is 1.21. The molecule has 1 aromatic heterocycles.